The van der Waals surface area contributed by atoms with Gasteiger partial charge in [-0.15, -0.1) is 0 Å². The van der Waals surface area contributed by atoms with E-state index in [9.17, 15) is 9.90 Å². The Morgan fingerprint density at radius 2 is 2.00 bits per heavy atom. The number of fused-ring (bicyclic) bond motifs is 1. The van der Waals surface area contributed by atoms with Crippen molar-refractivity contribution in [2.45, 2.75) is 37.3 Å². The maximum absolute atomic E-state index is 11.7. The first-order valence-electron chi connectivity index (χ1n) is 6.28. The van der Waals surface area contributed by atoms with E-state index in [4.69, 9.17) is 0 Å². The number of piperidine rings is 1. The van der Waals surface area contributed by atoms with Crippen LogP contribution < -0.4 is 0 Å². The molecular formula is C14H17NO2. The first-order chi connectivity index (χ1) is 8.25. The number of benzene rings is 1. The molecular weight excluding hydrogens is 214 g/mol. The number of carbonyl (C=O) groups excluding carboxylic acids is 1. The number of nitrogens with zero attached hydrogens (tertiary/aromatic N) is 1. The molecule has 3 rings (SSSR count). The lowest BCUT2D eigenvalue weighted by Gasteiger charge is -2.38. The first kappa shape index (κ1) is 10.8. The van der Waals surface area contributed by atoms with E-state index >= 15 is 0 Å². The van der Waals surface area contributed by atoms with E-state index in [1.54, 1.807) is 0 Å². The van der Waals surface area contributed by atoms with Gasteiger partial charge in [0.2, 0.25) is 5.91 Å². The summed E-state index contributed by atoms with van der Waals surface area (Å²) in [6, 6.07) is 10.3. The molecule has 1 aromatic carbocycles. The van der Waals surface area contributed by atoms with Gasteiger partial charge in [0, 0.05) is 18.9 Å². The summed E-state index contributed by atoms with van der Waals surface area (Å²) >= 11 is 0. The van der Waals surface area contributed by atoms with Gasteiger partial charge in [0.1, 0.15) is 0 Å². The van der Waals surface area contributed by atoms with E-state index < -0.39 is 0 Å². The van der Waals surface area contributed by atoms with E-state index in [0.29, 0.717) is 6.42 Å². The molecule has 0 radical (unpaired) electrons. The Morgan fingerprint density at radius 3 is 2.76 bits per heavy atom. The number of aliphatic hydroxyl groups is 1. The van der Waals surface area contributed by atoms with Crippen LogP contribution in [0.5, 0.6) is 0 Å². The number of hydrogen-bond acceptors (Lipinski definition) is 2. The van der Waals surface area contributed by atoms with Crippen molar-refractivity contribution in [2.75, 3.05) is 6.54 Å². The van der Waals surface area contributed by atoms with Crippen LogP contribution >= 0.6 is 0 Å². The van der Waals surface area contributed by atoms with Crippen LogP contribution in [0.2, 0.25) is 0 Å². The van der Waals surface area contributed by atoms with Gasteiger partial charge in [0.05, 0.1) is 12.1 Å². The number of amides is 1. The molecule has 2 aliphatic heterocycles. The summed E-state index contributed by atoms with van der Waals surface area (Å²) in [5.74, 6) is 0.485. The molecule has 0 aliphatic carbocycles. The van der Waals surface area contributed by atoms with Gasteiger partial charge in [-0.2, -0.15) is 0 Å². The van der Waals surface area contributed by atoms with Crippen LogP contribution in [-0.2, 0) is 4.79 Å². The van der Waals surface area contributed by atoms with Gasteiger partial charge in [0.25, 0.3) is 0 Å². The van der Waals surface area contributed by atoms with Crippen molar-refractivity contribution in [3.8, 4) is 0 Å². The molecule has 0 spiro atoms. The Bertz CT molecular complexity index is 417. The van der Waals surface area contributed by atoms with Crippen LogP contribution in [0.15, 0.2) is 30.3 Å². The maximum Gasteiger partial charge on any atom is 0.223 e. The van der Waals surface area contributed by atoms with E-state index in [0.717, 1.165) is 19.4 Å². The van der Waals surface area contributed by atoms with Crippen molar-refractivity contribution in [3.63, 3.8) is 0 Å². The molecule has 17 heavy (non-hydrogen) atoms. The molecule has 2 aliphatic rings. The van der Waals surface area contributed by atoms with Gasteiger partial charge in [0.15, 0.2) is 0 Å². The third-order valence-electron chi connectivity index (χ3n) is 4.03. The van der Waals surface area contributed by atoms with Crippen molar-refractivity contribution in [3.05, 3.63) is 35.9 Å². The zero-order chi connectivity index (χ0) is 11.8. The summed E-state index contributed by atoms with van der Waals surface area (Å²) in [5, 5.41) is 10.1. The quantitative estimate of drug-likeness (QED) is 0.796. The summed E-state index contributed by atoms with van der Waals surface area (Å²) in [5.41, 5.74) is 1.23. The molecule has 1 aromatic rings. The largest absolute Gasteiger partial charge is 0.391 e. The van der Waals surface area contributed by atoms with E-state index in [-0.39, 0.29) is 24.0 Å². The van der Waals surface area contributed by atoms with E-state index in [1.165, 1.54) is 5.56 Å². The third kappa shape index (κ3) is 1.84. The highest BCUT2D eigenvalue weighted by molar-refractivity contribution is 5.79. The molecule has 0 aromatic heterocycles. The fourth-order valence-electron chi connectivity index (χ4n) is 3.12. The van der Waals surface area contributed by atoms with Crippen LogP contribution in [0.4, 0.5) is 0 Å². The predicted molar refractivity (Wildman–Crippen MR) is 64.5 cm³/mol. The summed E-state index contributed by atoms with van der Waals surface area (Å²) in [7, 11) is 0. The Balaban J connectivity index is 1.83. The molecule has 3 nitrogen and oxygen atoms in total. The highest BCUT2D eigenvalue weighted by Crippen LogP contribution is 2.35. The summed E-state index contributed by atoms with van der Waals surface area (Å²) in [6.45, 7) is 0.768. The normalized spacial score (nSPS) is 32.6. The number of rotatable bonds is 1. The summed E-state index contributed by atoms with van der Waals surface area (Å²) < 4.78 is 0. The molecule has 3 heteroatoms. The SMILES string of the molecule is O=C1CC[C@H]2[C@@H](O)C[C@@H](c3ccccc3)CN12. The van der Waals surface area contributed by atoms with E-state index in [2.05, 4.69) is 12.1 Å². The molecule has 0 bridgehead atoms. The third-order valence-corrected chi connectivity index (χ3v) is 4.03. The van der Waals surface area contributed by atoms with Crippen molar-refractivity contribution >= 4 is 5.91 Å². The Hall–Kier alpha value is -1.35. The minimum atomic E-state index is -0.361. The fraction of sp³-hybridized carbons (Fsp3) is 0.500. The van der Waals surface area contributed by atoms with E-state index in [1.807, 2.05) is 23.1 Å². The van der Waals surface area contributed by atoms with Crippen LogP contribution in [0.3, 0.4) is 0 Å². The second-order valence-corrected chi connectivity index (χ2v) is 5.06. The van der Waals surface area contributed by atoms with Crippen LogP contribution in [-0.4, -0.2) is 34.6 Å². The molecule has 0 saturated carbocycles. The average Bonchev–Trinajstić information content (AvgIpc) is 2.73. The second-order valence-electron chi connectivity index (χ2n) is 5.06. The first-order valence-corrected chi connectivity index (χ1v) is 6.28. The Labute approximate surface area is 101 Å². The number of carbonyl (C=O) groups is 1. The monoisotopic (exact) mass is 231 g/mol. The topological polar surface area (TPSA) is 40.5 Å². The lowest BCUT2D eigenvalue weighted by atomic mass is 9.86. The minimum Gasteiger partial charge on any atom is -0.391 e. The molecule has 90 valence electrons. The van der Waals surface area contributed by atoms with Crippen LogP contribution in [0, 0.1) is 0 Å². The molecule has 1 N–H and O–H groups in total. The van der Waals surface area contributed by atoms with Crippen molar-refractivity contribution in [1.82, 2.24) is 4.90 Å². The van der Waals surface area contributed by atoms with Crippen molar-refractivity contribution in [2.24, 2.45) is 0 Å². The van der Waals surface area contributed by atoms with Gasteiger partial charge < -0.3 is 10.0 Å². The van der Waals surface area contributed by atoms with Crippen molar-refractivity contribution in [1.29, 1.82) is 0 Å². The standard InChI is InChI=1S/C14H17NO2/c16-13-8-11(10-4-2-1-3-5-10)9-15-12(13)6-7-14(15)17/h1-5,11-13,16H,6-9H2/t11-,12+,13+/m1/s1. The average molecular weight is 231 g/mol. The molecule has 1 amide bonds. The smallest absolute Gasteiger partial charge is 0.223 e. The Kier molecular flexibility index (Phi) is 2.63. The lowest BCUT2D eigenvalue weighted by molar-refractivity contribution is -0.132. The Morgan fingerprint density at radius 1 is 1.24 bits per heavy atom. The molecule has 0 unspecified atom stereocenters. The predicted octanol–water partition coefficient (Wildman–Crippen LogP) is 1.53. The van der Waals surface area contributed by atoms with Gasteiger partial charge in [-0.3, -0.25) is 4.79 Å². The minimum absolute atomic E-state index is 0.0717. The number of hydrogen-bond donors (Lipinski definition) is 1. The van der Waals surface area contributed by atoms with Gasteiger partial charge >= 0.3 is 0 Å². The van der Waals surface area contributed by atoms with Crippen LogP contribution in [0.25, 0.3) is 0 Å². The second kappa shape index (κ2) is 4.15. The van der Waals surface area contributed by atoms with Crippen molar-refractivity contribution < 1.29 is 9.90 Å². The van der Waals surface area contributed by atoms with Gasteiger partial charge in [-0.25, -0.2) is 0 Å². The molecule has 2 fully saturated rings. The zero-order valence-electron chi connectivity index (χ0n) is 9.75. The maximum atomic E-state index is 11.7. The highest BCUT2D eigenvalue weighted by Gasteiger charge is 2.41. The molecule has 2 saturated heterocycles. The number of aliphatic hydroxyl groups excluding tert-OH is 1. The molecule has 3 atom stereocenters. The zero-order valence-corrected chi connectivity index (χ0v) is 9.75. The molecule has 2 heterocycles. The highest BCUT2D eigenvalue weighted by atomic mass is 16.3. The van der Waals surface area contributed by atoms with Gasteiger partial charge in [-0.1, -0.05) is 30.3 Å². The fourth-order valence-corrected chi connectivity index (χ4v) is 3.12. The lowest BCUT2D eigenvalue weighted by Crippen LogP contribution is -2.48. The van der Waals surface area contributed by atoms with Crippen LogP contribution in [0.1, 0.15) is 30.7 Å². The summed E-state index contributed by atoms with van der Waals surface area (Å²) in [4.78, 5) is 13.6. The summed E-state index contributed by atoms with van der Waals surface area (Å²) in [6.07, 6.45) is 1.84. The van der Waals surface area contributed by atoms with Gasteiger partial charge in [-0.05, 0) is 18.4 Å².